The molecule has 0 radical (unpaired) electrons. The summed E-state index contributed by atoms with van der Waals surface area (Å²) in [6, 6.07) is 4.80. The molecule has 8 heteroatoms. The molecular weight excluding hydrogens is 352 g/mol. The van der Waals surface area contributed by atoms with Gasteiger partial charge in [0.15, 0.2) is 0 Å². The van der Waals surface area contributed by atoms with Crippen LogP contribution in [0, 0.1) is 11.8 Å². The van der Waals surface area contributed by atoms with Crippen LogP contribution < -0.4 is 14.4 Å². The fourth-order valence-electron chi connectivity index (χ4n) is 3.93. The van der Waals surface area contributed by atoms with E-state index in [9.17, 15) is 19.5 Å². The summed E-state index contributed by atoms with van der Waals surface area (Å²) in [5, 5.41) is 9.26. The summed E-state index contributed by atoms with van der Waals surface area (Å²) in [6.45, 7) is 2.42. The number of carboxylic acid groups (broad SMARTS) is 1. The minimum absolute atomic E-state index is 0.106. The summed E-state index contributed by atoms with van der Waals surface area (Å²) >= 11 is 0. The maximum absolute atomic E-state index is 12.9. The molecule has 2 fully saturated rings. The highest BCUT2D eigenvalue weighted by molar-refractivity contribution is 6.01. The number of carbonyl (C=O) groups excluding carboxylic acids is 2. The first-order valence-electron chi connectivity index (χ1n) is 8.93. The van der Waals surface area contributed by atoms with Crippen LogP contribution >= 0.6 is 0 Å². The quantitative estimate of drug-likeness (QED) is 0.834. The normalized spacial score (nSPS) is 25.0. The lowest BCUT2D eigenvalue weighted by Crippen LogP contribution is -2.41. The van der Waals surface area contributed by atoms with Crippen molar-refractivity contribution in [2.24, 2.45) is 11.8 Å². The van der Waals surface area contributed by atoms with Crippen LogP contribution in [-0.2, 0) is 14.4 Å². The number of carbonyl (C=O) groups is 3. The zero-order valence-electron chi connectivity index (χ0n) is 15.7. The van der Waals surface area contributed by atoms with Gasteiger partial charge in [0.25, 0.3) is 0 Å². The fraction of sp³-hybridized carbons (Fsp3) is 0.526. The van der Waals surface area contributed by atoms with E-state index < -0.39 is 17.8 Å². The van der Waals surface area contributed by atoms with E-state index in [-0.39, 0.29) is 30.8 Å². The Hall–Kier alpha value is -2.77. The molecule has 1 N–H and O–H groups in total. The fourth-order valence-corrected chi connectivity index (χ4v) is 3.93. The molecule has 0 aliphatic carbocycles. The third-order valence-corrected chi connectivity index (χ3v) is 5.51. The Balaban J connectivity index is 1.76. The molecule has 2 saturated heterocycles. The van der Waals surface area contributed by atoms with Gasteiger partial charge in [0.05, 0.1) is 31.7 Å². The van der Waals surface area contributed by atoms with Crippen LogP contribution in [0.2, 0.25) is 0 Å². The molecule has 146 valence electrons. The van der Waals surface area contributed by atoms with Crippen LogP contribution in [0.1, 0.15) is 19.8 Å². The maximum atomic E-state index is 12.9. The van der Waals surface area contributed by atoms with Gasteiger partial charge in [0, 0.05) is 31.6 Å². The van der Waals surface area contributed by atoms with Gasteiger partial charge in [-0.15, -0.1) is 0 Å². The lowest BCUT2D eigenvalue weighted by atomic mass is 10.0. The van der Waals surface area contributed by atoms with E-state index in [2.05, 4.69) is 0 Å². The van der Waals surface area contributed by atoms with E-state index in [1.165, 1.54) is 7.11 Å². The number of anilines is 1. The Morgan fingerprint density at radius 2 is 1.96 bits per heavy atom. The molecule has 1 aromatic carbocycles. The molecule has 0 saturated carbocycles. The number of aliphatic carboxylic acids is 1. The molecule has 0 bridgehead atoms. The molecule has 0 spiro atoms. The lowest BCUT2D eigenvalue weighted by molar-refractivity contribution is -0.143. The Labute approximate surface area is 157 Å². The average molecular weight is 376 g/mol. The van der Waals surface area contributed by atoms with Gasteiger partial charge in [0.2, 0.25) is 11.8 Å². The standard InChI is InChI=1S/C19H24N2O6/c1-11-14(19(24)25)6-7-20(11)18(23)12-8-17(22)21(10-12)15-5-4-13(26-2)9-16(15)27-3/h4-5,9,11-12,14H,6-8,10H2,1-3H3,(H,24,25). The first-order valence-corrected chi connectivity index (χ1v) is 8.93. The monoisotopic (exact) mass is 376 g/mol. The van der Waals surface area contributed by atoms with Crippen molar-refractivity contribution in [1.82, 2.24) is 4.90 Å². The zero-order valence-corrected chi connectivity index (χ0v) is 15.7. The molecule has 2 aliphatic heterocycles. The van der Waals surface area contributed by atoms with E-state index in [0.717, 1.165) is 0 Å². The van der Waals surface area contributed by atoms with E-state index in [0.29, 0.717) is 30.2 Å². The van der Waals surface area contributed by atoms with Crippen LogP contribution in [0.3, 0.4) is 0 Å². The summed E-state index contributed by atoms with van der Waals surface area (Å²) in [4.78, 5) is 39.9. The maximum Gasteiger partial charge on any atom is 0.308 e. The molecule has 27 heavy (non-hydrogen) atoms. The van der Waals surface area contributed by atoms with Gasteiger partial charge in [-0.05, 0) is 25.5 Å². The second kappa shape index (κ2) is 7.46. The van der Waals surface area contributed by atoms with Gasteiger partial charge in [-0.3, -0.25) is 14.4 Å². The smallest absolute Gasteiger partial charge is 0.308 e. The number of ether oxygens (including phenoxy) is 2. The summed E-state index contributed by atoms with van der Waals surface area (Å²) in [5.74, 6) is -1.13. The van der Waals surface area contributed by atoms with Crippen molar-refractivity contribution in [3.63, 3.8) is 0 Å². The van der Waals surface area contributed by atoms with Crippen molar-refractivity contribution in [2.45, 2.75) is 25.8 Å². The van der Waals surface area contributed by atoms with Crippen molar-refractivity contribution in [1.29, 1.82) is 0 Å². The van der Waals surface area contributed by atoms with Crippen molar-refractivity contribution >= 4 is 23.5 Å². The van der Waals surface area contributed by atoms with Crippen LogP contribution in [0.25, 0.3) is 0 Å². The molecule has 2 heterocycles. The first-order chi connectivity index (χ1) is 12.9. The Kier molecular flexibility index (Phi) is 5.25. The molecule has 3 unspecified atom stereocenters. The molecule has 2 amide bonds. The second-order valence-corrected chi connectivity index (χ2v) is 6.95. The van der Waals surface area contributed by atoms with Gasteiger partial charge >= 0.3 is 5.97 Å². The Bertz CT molecular complexity index is 765. The highest BCUT2D eigenvalue weighted by atomic mass is 16.5. The number of benzene rings is 1. The Morgan fingerprint density at radius 3 is 2.56 bits per heavy atom. The molecular formula is C19H24N2O6. The number of amides is 2. The van der Waals surface area contributed by atoms with Crippen LogP contribution in [0.4, 0.5) is 5.69 Å². The van der Waals surface area contributed by atoms with Crippen molar-refractivity contribution in [3.05, 3.63) is 18.2 Å². The third-order valence-electron chi connectivity index (χ3n) is 5.51. The van der Waals surface area contributed by atoms with Crippen molar-refractivity contribution in [3.8, 4) is 11.5 Å². The van der Waals surface area contributed by atoms with Crippen molar-refractivity contribution in [2.75, 3.05) is 32.2 Å². The van der Waals surface area contributed by atoms with Crippen LogP contribution in [-0.4, -0.2) is 61.1 Å². The first kappa shape index (κ1) is 19.0. The summed E-state index contributed by atoms with van der Waals surface area (Å²) in [6.07, 6.45) is 0.550. The predicted octanol–water partition coefficient (Wildman–Crippen LogP) is 1.38. The number of hydrogen-bond donors (Lipinski definition) is 1. The zero-order chi connectivity index (χ0) is 19.7. The van der Waals surface area contributed by atoms with Crippen LogP contribution in [0.15, 0.2) is 18.2 Å². The van der Waals surface area contributed by atoms with Gasteiger partial charge in [0.1, 0.15) is 11.5 Å². The summed E-state index contributed by atoms with van der Waals surface area (Å²) in [5.41, 5.74) is 0.594. The van der Waals surface area contributed by atoms with E-state index in [1.807, 2.05) is 0 Å². The number of rotatable bonds is 5. The number of hydrogen-bond acceptors (Lipinski definition) is 5. The highest BCUT2D eigenvalue weighted by Crippen LogP contribution is 2.37. The van der Waals surface area contributed by atoms with Crippen molar-refractivity contribution < 1.29 is 29.0 Å². The topological polar surface area (TPSA) is 96.4 Å². The van der Waals surface area contributed by atoms with E-state index in [4.69, 9.17) is 9.47 Å². The SMILES string of the molecule is COc1ccc(N2CC(C(=O)N3CCC(C(=O)O)C3C)CC2=O)c(OC)c1. The average Bonchev–Trinajstić information content (AvgIpc) is 3.23. The number of likely N-dealkylation sites (tertiary alicyclic amines) is 1. The minimum Gasteiger partial charge on any atom is -0.497 e. The second-order valence-electron chi connectivity index (χ2n) is 6.95. The largest absolute Gasteiger partial charge is 0.497 e. The van der Waals surface area contributed by atoms with Crippen LogP contribution in [0.5, 0.6) is 11.5 Å². The summed E-state index contributed by atoms with van der Waals surface area (Å²) in [7, 11) is 3.06. The van der Waals surface area contributed by atoms with Gasteiger partial charge in [-0.1, -0.05) is 0 Å². The molecule has 3 rings (SSSR count). The third kappa shape index (κ3) is 3.43. The molecule has 0 aromatic heterocycles. The number of nitrogens with zero attached hydrogens (tertiary/aromatic N) is 2. The molecule has 2 aliphatic rings. The van der Waals surface area contributed by atoms with Gasteiger partial charge in [-0.2, -0.15) is 0 Å². The molecule has 1 aromatic rings. The molecule has 8 nitrogen and oxygen atoms in total. The van der Waals surface area contributed by atoms with E-state index in [1.54, 1.807) is 42.0 Å². The van der Waals surface area contributed by atoms with Gasteiger partial charge < -0.3 is 24.4 Å². The number of carboxylic acids is 1. The Morgan fingerprint density at radius 1 is 1.22 bits per heavy atom. The minimum atomic E-state index is -0.884. The van der Waals surface area contributed by atoms with E-state index >= 15 is 0 Å². The van der Waals surface area contributed by atoms with Gasteiger partial charge in [-0.25, -0.2) is 0 Å². The summed E-state index contributed by atoms with van der Waals surface area (Å²) < 4.78 is 10.5. The number of methoxy groups -OCH3 is 2. The highest BCUT2D eigenvalue weighted by Gasteiger charge is 2.44. The lowest BCUT2D eigenvalue weighted by Gasteiger charge is -2.26. The molecule has 3 atom stereocenters. The predicted molar refractivity (Wildman–Crippen MR) is 96.9 cm³/mol.